The second kappa shape index (κ2) is 4.59. The van der Waals surface area contributed by atoms with Crippen molar-refractivity contribution in [2.45, 2.75) is 16.2 Å². The predicted octanol–water partition coefficient (Wildman–Crippen LogP) is 3.73. The van der Waals surface area contributed by atoms with Crippen LogP contribution in [0.15, 0.2) is 45.1 Å². The van der Waals surface area contributed by atoms with Gasteiger partial charge in [0.25, 0.3) is 0 Å². The maximum Gasteiger partial charge on any atom is 0.154 e. The third-order valence-corrected chi connectivity index (χ3v) is 4.69. The number of fused-ring (bicyclic) bond motifs is 1. The smallest absolute Gasteiger partial charge is 0.154 e. The number of aromatic nitrogens is 2. The number of rotatable bonds is 2. The Labute approximate surface area is 113 Å². The second-order valence-electron chi connectivity index (χ2n) is 3.91. The average molecular weight is 273 g/mol. The molecular formula is C13H11N3S2. The van der Waals surface area contributed by atoms with Crippen molar-refractivity contribution in [2.75, 3.05) is 5.73 Å². The molecule has 1 aromatic carbocycles. The highest BCUT2D eigenvalue weighted by molar-refractivity contribution is 8.01. The summed E-state index contributed by atoms with van der Waals surface area (Å²) in [5.41, 5.74) is 8.56. The van der Waals surface area contributed by atoms with Crippen molar-refractivity contribution in [3.05, 3.63) is 41.5 Å². The van der Waals surface area contributed by atoms with Gasteiger partial charge in [-0.2, -0.15) is 0 Å². The van der Waals surface area contributed by atoms with E-state index in [1.165, 1.54) is 0 Å². The summed E-state index contributed by atoms with van der Waals surface area (Å²) in [6.45, 7) is 2.00. The fraction of sp³-hybridized carbons (Fsp3) is 0.0769. The van der Waals surface area contributed by atoms with Gasteiger partial charge in [0.2, 0.25) is 0 Å². The molecule has 0 amide bonds. The number of aryl methyl sites for hydroxylation is 1. The van der Waals surface area contributed by atoms with Crippen LogP contribution in [0.2, 0.25) is 0 Å². The molecule has 0 radical (unpaired) electrons. The summed E-state index contributed by atoms with van der Waals surface area (Å²) in [7, 11) is 0. The van der Waals surface area contributed by atoms with E-state index in [1.54, 1.807) is 29.3 Å². The van der Waals surface area contributed by atoms with Crippen molar-refractivity contribution >= 4 is 39.7 Å². The maximum atomic E-state index is 5.94. The van der Waals surface area contributed by atoms with Gasteiger partial charge >= 0.3 is 0 Å². The molecule has 2 aromatic heterocycles. The van der Waals surface area contributed by atoms with E-state index in [2.05, 4.69) is 15.3 Å². The van der Waals surface area contributed by atoms with Crippen molar-refractivity contribution in [1.82, 2.24) is 9.97 Å². The van der Waals surface area contributed by atoms with Gasteiger partial charge in [-0.25, -0.2) is 4.98 Å². The van der Waals surface area contributed by atoms with Gasteiger partial charge in [0, 0.05) is 27.6 Å². The van der Waals surface area contributed by atoms with Crippen molar-refractivity contribution < 1.29 is 0 Å². The minimum absolute atomic E-state index is 0.713. The van der Waals surface area contributed by atoms with Gasteiger partial charge in [0.1, 0.15) is 0 Å². The van der Waals surface area contributed by atoms with Crippen LogP contribution in [-0.4, -0.2) is 9.97 Å². The fourth-order valence-corrected chi connectivity index (χ4v) is 3.64. The van der Waals surface area contributed by atoms with Crippen molar-refractivity contribution in [1.29, 1.82) is 0 Å². The molecule has 0 spiro atoms. The van der Waals surface area contributed by atoms with Crippen molar-refractivity contribution in [3.8, 4) is 0 Å². The largest absolute Gasteiger partial charge is 0.397 e. The third kappa shape index (κ3) is 2.07. The molecule has 90 valence electrons. The molecule has 0 bridgehead atoms. The number of nitrogens with zero attached hydrogens (tertiary/aromatic N) is 2. The van der Waals surface area contributed by atoms with E-state index < -0.39 is 0 Å². The summed E-state index contributed by atoms with van der Waals surface area (Å²) in [5.74, 6) is 0. The van der Waals surface area contributed by atoms with Gasteiger partial charge in [0.05, 0.1) is 11.2 Å². The molecule has 0 saturated heterocycles. The van der Waals surface area contributed by atoms with Crippen molar-refractivity contribution in [3.63, 3.8) is 0 Å². The lowest BCUT2D eigenvalue weighted by atomic mass is 10.2. The zero-order valence-electron chi connectivity index (χ0n) is 9.75. The van der Waals surface area contributed by atoms with E-state index in [9.17, 15) is 0 Å². The van der Waals surface area contributed by atoms with Crippen LogP contribution >= 0.6 is 23.1 Å². The molecule has 0 atom stereocenters. The van der Waals surface area contributed by atoms with E-state index >= 15 is 0 Å². The van der Waals surface area contributed by atoms with E-state index in [0.717, 1.165) is 25.8 Å². The van der Waals surface area contributed by atoms with Gasteiger partial charge in [-0.3, -0.25) is 4.98 Å². The lowest BCUT2D eigenvalue weighted by Crippen LogP contribution is -1.90. The number of thiazole rings is 1. The molecule has 0 aliphatic heterocycles. The minimum Gasteiger partial charge on any atom is -0.397 e. The van der Waals surface area contributed by atoms with Crippen LogP contribution in [0.3, 0.4) is 0 Å². The van der Waals surface area contributed by atoms with Gasteiger partial charge in [-0.15, -0.1) is 11.3 Å². The van der Waals surface area contributed by atoms with Crippen molar-refractivity contribution in [2.24, 2.45) is 0 Å². The molecule has 0 unspecified atom stereocenters. The van der Waals surface area contributed by atoms with E-state index in [0.29, 0.717) is 5.69 Å². The molecule has 0 saturated carbocycles. The van der Waals surface area contributed by atoms with Crippen LogP contribution in [-0.2, 0) is 0 Å². The summed E-state index contributed by atoms with van der Waals surface area (Å²) < 4.78 is 1.04. The Bertz CT molecular complexity index is 706. The Morgan fingerprint density at radius 1 is 1.28 bits per heavy atom. The van der Waals surface area contributed by atoms with Gasteiger partial charge in [-0.1, -0.05) is 23.9 Å². The minimum atomic E-state index is 0.713. The Morgan fingerprint density at radius 2 is 2.17 bits per heavy atom. The Morgan fingerprint density at radius 3 is 2.94 bits per heavy atom. The second-order valence-corrected chi connectivity index (χ2v) is 6.06. The Balaban J connectivity index is 2.09. The molecule has 0 fully saturated rings. The predicted molar refractivity (Wildman–Crippen MR) is 77.1 cm³/mol. The van der Waals surface area contributed by atoms with Crippen LogP contribution in [0, 0.1) is 6.92 Å². The number of hydrogen-bond donors (Lipinski definition) is 1. The maximum absolute atomic E-state index is 5.94. The molecule has 18 heavy (non-hydrogen) atoms. The summed E-state index contributed by atoms with van der Waals surface area (Å²) in [4.78, 5) is 9.94. The van der Waals surface area contributed by atoms with Gasteiger partial charge < -0.3 is 5.73 Å². The first-order valence-corrected chi connectivity index (χ1v) is 7.17. The molecular weight excluding hydrogens is 262 g/mol. The normalized spacial score (nSPS) is 10.9. The molecule has 3 nitrogen and oxygen atoms in total. The van der Waals surface area contributed by atoms with Crippen LogP contribution in [0.1, 0.15) is 5.69 Å². The molecule has 3 aromatic rings. The summed E-state index contributed by atoms with van der Waals surface area (Å²) >= 11 is 3.32. The molecule has 5 heteroatoms. The summed E-state index contributed by atoms with van der Waals surface area (Å²) in [6.07, 6.45) is 1.79. The first-order chi connectivity index (χ1) is 8.74. The highest BCUT2D eigenvalue weighted by Gasteiger charge is 2.07. The summed E-state index contributed by atoms with van der Waals surface area (Å²) in [6, 6.07) is 7.87. The monoisotopic (exact) mass is 273 g/mol. The molecule has 2 heterocycles. The number of para-hydroxylation sites is 1. The number of nitrogens with two attached hydrogens (primary N) is 1. The molecule has 0 aliphatic carbocycles. The summed E-state index contributed by atoms with van der Waals surface area (Å²) in [5, 5.41) is 3.13. The molecule has 3 rings (SSSR count). The number of anilines is 1. The van der Waals surface area contributed by atoms with Crippen LogP contribution in [0.25, 0.3) is 10.9 Å². The number of nitrogen functional groups attached to an aromatic ring is 1. The average Bonchev–Trinajstić information content (AvgIpc) is 2.76. The standard InChI is InChI=1S/C13H11N3S2/c1-8-7-17-13(16-8)18-11-5-6-15-12-9(11)3-2-4-10(12)14/h2-7H,14H2,1H3. The lowest BCUT2D eigenvalue weighted by molar-refractivity contribution is 1.16. The zero-order chi connectivity index (χ0) is 12.5. The highest BCUT2D eigenvalue weighted by atomic mass is 32.2. The topological polar surface area (TPSA) is 51.8 Å². The fourth-order valence-electron chi connectivity index (χ4n) is 1.74. The van der Waals surface area contributed by atoms with E-state index in [1.807, 2.05) is 31.2 Å². The Hall–Kier alpha value is -1.59. The van der Waals surface area contributed by atoms with Crippen LogP contribution in [0.5, 0.6) is 0 Å². The van der Waals surface area contributed by atoms with Gasteiger partial charge in [-0.05, 0) is 19.1 Å². The first kappa shape index (κ1) is 11.5. The van der Waals surface area contributed by atoms with E-state index in [-0.39, 0.29) is 0 Å². The van der Waals surface area contributed by atoms with E-state index in [4.69, 9.17) is 5.73 Å². The quantitative estimate of drug-likeness (QED) is 0.723. The molecule has 0 aliphatic rings. The number of benzene rings is 1. The highest BCUT2D eigenvalue weighted by Crippen LogP contribution is 2.35. The Kier molecular flexibility index (Phi) is 2.93. The zero-order valence-corrected chi connectivity index (χ0v) is 11.4. The third-order valence-electron chi connectivity index (χ3n) is 2.56. The lowest BCUT2D eigenvalue weighted by Gasteiger charge is -2.05. The van der Waals surface area contributed by atoms with Gasteiger partial charge in [0.15, 0.2) is 4.34 Å². The van der Waals surface area contributed by atoms with Crippen LogP contribution in [0.4, 0.5) is 5.69 Å². The van der Waals surface area contributed by atoms with Crippen LogP contribution < -0.4 is 5.73 Å². The SMILES string of the molecule is Cc1csc(Sc2ccnc3c(N)cccc23)n1. The number of pyridine rings is 1. The number of hydrogen-bond acceptors (Lipinski definition) is 5. The molecule has 2 N–H and O–H groups in total. The first-order valence-electron chi connectivity index (χ1n) is 5.47.